The number of sulfonamides is 1. The Hall–Kier alpha value is -2.67. The highest BCUT2D eigenvalue weighted by Gasteiger charge is 2.28. The summed E-state index contributed by atoms with van der Waals surface area (Å²) >= 11 is 0. The minimum atomic E-state index is -3.22. The Bertz CT molecular complexity index is 998. The molecule has 6 nitrogen and oxygen atoms in total. The lowest BCUT2D eigenvalue weighted by molar-refractivity contribution is -0.116. The average molecular weight is 401 g/mol. The minimum Gasteiger partial charge on any atom is -0.326 e. The lowest BCUT2D eigenvalue weighted by Crippen LogP contribution is -2.25. The van der Waals surface area contributed by atoms with E-state index in [1.54, 1.807) is 30.3 Å². The molecule has 2 aromatic carbocycles. The van der Waals surface area contributed by atoms with Crippen LogP contribution < -0.4 is 9.62 Å². The van der Waals surface area contributed by atoms with Crippen LogP contribution in [0.5, 0.6) is 0 Å². The molecule has 1 saturated heterocycles. The van der Waals surface area contributed by atoms with Gasteiger partial charge in [-0.3, -0.25) is 13.9 Å². The summed E-state index contributed by atoms with van der Waals surface area (Å²) in [5.41, 5.74) is 3.96. The fourth-order valence-corrected chi connectivity index (χ4v) is 4.71. The van der Waals surface area contributed by atoms with Crippen LogP contribution in [-0.4, -0.2) is 32.4 Å². The first kappa shape index (κ1) is 20.1. The Balaban J connectivity index is 1.54. The summed E-state index contributed by atoms with van der Waals surface area (Å²) in [4.78, 5) is 24.4. The van der Waals surface area contributed by atoms with E-state index in [4.69, 9.17) is 0 Å². The molecular weight excluding hydrogens is 376 g/mol. The van der Waals surface area contributed by atoms with E-state index in [0.717, 1.165) is 11.1 Å². The van der Waals surface area contributed by atoms with Gasteiger partial charge in [-0.05, 0) is 61.7 Å². The van der Waals surface area contributed by atoms with Crippen molar-refractivity contribution < 1.29 is 18.0 Å². The predicted molar refractivity (Wildman–Crippen MR) is 110 cm³/mol. The third-order valence-electron chi connectivity index (χ3n) is 4.95. The van der Waals surface area contributed by atoms with Crippen molar-refractivity contribution in [3.05, 3.63) is 59.2 Å². The van der Waals surface area contributed by atoms with Crippen LogP contribution in [0.2, 0.25) is 0 Å². The lowest BCUT2D eigenvalue weighted by atomic mass is 10.0. The molecule has 0 aliphatic carbocycles. The third kappa shape index (κ3) is 4.59. The first-order valence-corrected chi connectivity index (χ1v) is 10.9. The van der Waals surface area contributed by atoms with Gasteiger partial charge in [-0.1, -0.05) is 12.1 Å². The molecule has 1 fully saturated rings. The molecule has 0 bridgehead atoms. The van der Waals surface area contributed by atoms with Gasteiger partial charge in [0.2, 0.25) is 15.9 Å². The Morgan fingerprint density at radius 2 is 1.71 bits per heavy atom. The van der Waals surface area contributed by atoms with Crippen molar-refractivity contribution >= 4 is 33.1 Å². The van der Waals surface area contributed by atoms with Gasteiger partial charge >= 0.3 is 0 Å². The number of carbonyl (C=O) groups is 2. The first-order chi connectivity index (χ1) is 13.3. The number of Topliss-reactive ketones (excluding diaryl/α,β-unsaturated/α-hetero) is 1. The van der Waals surface area contributed by atoms with E-state index in [2.05, 4.69) is 5.32 Å². The predicted octanol–water partition coefficient (Wildman–Crippen LogP) is 3.44. The number of nitrogens with one attached hydrogen (secondary N) is 1. The van der Waals surface area contributed by atoms with E-state index in [9.17, 15) is 18.0 Å². The molecule has 1 heterocycles. The molecule has 1 aliphatic heterocycles. The molecule has 0 unspecified atom stereocenters. The van der Waals surface area contributed by atoms with Gasteiger partial charge < -0.3 is 5.32 Å². The Morgan fingerprint density at radius 3 is 2.32 bits per heavy atom. The van der Waals surface area contributed by atoms with Gasteiger partial charge in [0.15, 0.2) is 5.78 Å². The Kier molecular flexibility index (Phi) is 5.84. The second-order valence-electron chi connectivity index (χ2n) is 7.06. The maximum atomic E-state index is 12.3. The number of hydrogen-bond donors (Lipinski definition) is 1. The Morgan fingerprint density at radius 1 is 1.00 bits per heavy atom. The minimum absolute atomic E-state index is 0.0622. The molecule has 1 aliphatic rings. The van der Waals surface area contributed by atoms with Gasteiger partial charge in [0.05, 0.1) is 11.4 Å². The van der Waals surface area contributed by atoms with Crippen molar-refractivity contribution in [1.29, 1.82) is 0 Å². The van der Waals surface area contributed by atoms with E-state index in [0.29, 0.717) is 29.9 Å². The second kappa shape index (κ2) is 8.14. The molecule has 148 valence electrons. The van der Waals surface area contributed by atoms with Crippen molar-refractivity contribution in [1.82, 2.24) is 0 Å². The smallest absolute Gasteiger partial charge is 0.235 e. The van der Waals surface area contributed by atoms with Crippen LogP contribution in [-0.2, 0) is 14.8 Å². The number of hydrogen-bond acceptors (Lipinski definition) is 4. The molecular formula is C21H24N2O4S. The largest absolute Gasteiger partial charge is 0.326 e. The summed E-state index contributed by atoms with van der Waals surface area (Å²) in [5.74, 6) is -0.147. The first-order valence-electron chi connectivity index (χ1n) is 9.27. The summed E-state index contributed by atoms with van der Waals surface area (Å²) in [5, 5.41) is 2.75. The number of carbonyl (C=O) groups excluding carboxylic acids is 2. The standard InChI is InChI=1S/C21H24N2O4S/c1-15-4-5-17(14-16(15)2)20(24)10-11-21(25)22-18-6-8-19(9-7-18)23-12-3-13-28(23,26)27/h4-9,14H,3,10-13H2,1-2H3,(H,22,25). The van der Waals surface area contributed by atoms with Crippen molar-refractivity contribution in [2.24, 2.45) is 0 Å². The summed E-state index contributed by atoms with van der Waals surface area (Å²) in [6, 6.07) is 12.2. The van der Waals surface area contributed by atoms with E-state index in [-0.39, 0.29) is 30.3 Å². The van der Waals surface area contributed by atoms with Gasteiger partial charge in [-0.15, -0.1) is 0 Å². The number of nitrogens with zero attached hydrogens (tertiary/aromatic N) is 1. The number of benzene rings is 2. The summed E-state index contributed by atoms with van der Waals surface area (Å²) in [6.45, 7) is 4.42. The third-order valence-corrected chi connectivity index (χ3v) is 6.82. The molecule has 0 spiro atoms. The molecule has 28 heavy (non-hydrogen) atoms. The van der Waals surface area contributed by atoms with Gasteiger partial charge in [0.25, 0.3) is 0 Å². The molecule has 1 N–H and O–H groups in total. The SMILES string of the molecule is Cc1ccc(C(=O)CCC(=O)Nc2ccc(N3CCCS3(=O)=O)cc2)cc1C. The molecule has 7 heteroatoms. The van der Waals surface area contributed by atoms with E-state index < -0.39 is 10.0 Å². The number of ketones is 1. The topological polar surface area (TPSA) is 83.6 Å². The fourth-order valence-electron chi connectivity index (χ4n) is 3.15. The van der Waals surface area contributed by atoms with Gasteiger partial charge in [-0.2, -0.15) is 0 Å². The van der Waals surface area contributed by atoms with E-state index >= 15 is 0 Å². The van der Waals surface area contributed by atoms with Crippen molar-refractivity contribution in [3.8, 4) is 0 Å². The normalized spacial score (nSPS) is 15.4. The highest BCUT2D eigenvalue weighted by molar-refractivity contribution is 7.93. The fraction of sp³-hybridized carbons (Fsp3) is 0.333. The molecule has 0 saturated carbocycles. The number of aryl methyl sites for hydroxylation is 2. The molecule has 0 radical (unpaired) electrons. The second-order valence-corrected chi connectivity index (χ2v) is 9.07. The van der Waals surface area contributed by atoms with Crippen LogP contribution in [0.25, 0.3) is 0 Å². The molecule has 0 atom stereocenters. The zero-order chi connectivity index (χ0) is 20.3. The lowest BCUT2D eigenvalue weighted by Gasteiger charge is -2.17. The average Bonchev–Trinajstić information content (AvgIpc) is 3.02. The van der Waals surface area contributed by atoms with Crippen LogP contribution in [0.1, 0.15) is 40.7 Å². The maximum Gasteiger partial charge on any atom is 0.235 e. The number of rotatable bonds is 6. The highest BCUT2D eigenvalue weighted by Crippen LogP contribution is 2.25. The van der Waals surface area contributed by atoms with Crippen LogP contribution in [0.15, 0.2) is 42.5 Å². The summed E-state index contributed by atoms with van der Waals surface area (Å²) < 4.78 is 25.3. The monoisotopic (exact) mass is 400 g/mol. The summed E-state index contributed by atoms with van der Waals surface area (Å²) in [7, 11) is -3.22. The van der Waals surface area contributed by atoms with Crippen LogP contribution >= 0.6 is 0 Å². The van der Waals surface area contributed by atoms with Crippen molar-refractivity contribution in [2.75, 3.05) is 21.9 Å². The maximum absolute atomic E-state index is 12.3. The molecule has 2 aromatic rings. The van der Waals surface area contributed by atoms with E-state index in [1.165, 1.54) is 4.31 Å². The zero-order valence-corrected chi connectivity index (χ0v) is 16.9. The Labute approximate surface area is 165 Å². The van der Waals surface area contributed by atoms with Crippen molar-refractivity contribution in [2.45, 2.75) is 33.1 Å². The zero-order valence-electron chi connectivity index (χ0n) is 16.1. The highest BCUT2D eigenvalue weighted by atomic mass is 32.2. The molecule has 1 amide bonds. The summed E-state index contributed by atoms with van der Waals surface area (Å²) in [6.07, 6.45) is 0.849. The van der Waals surface area contributed by atoms with Gasteiger partial charge in [0.1, 0.15) is 0 Å². The van der Waals surface area contributed by atoms with Gasteiger partial charge in [0, 0.05) is 30.6 Å². The van der Waals surface area contributed by atoms with E-state index in [1.807, 2.05) is 26.0 Å². The molecule has 3 rings (SSSR count). The van der Waals surface area contributed by atoms with Crippen molar-refractivity contribution in [3.63, 3.8) is 0 Å². The van der Waals surface area contributed by atoms with Crippen LogP contribution in [0.3, 0.4) is 0 Å². The number of anilines is 2. The van der Waals surface area contributed by atoms with Gasteiger partial charge in [-0.25, -0.2) is 8.42 Å². The van der Waals surface area contributed by atoms with Crippen LogP contribution in [0, 0.1) is 13.8 Å². The number of amides is 1. The quantitative estimate of drug-likeness (QED) is 0.753. The molecule has 0 aromatic heterocycles. The van der Waals surface area contributed by atoms with Crippen LogP contribution in [0.4, 0.5) is 11.4 Å².